The van der Waals surface area contributed by atoms with Crippen LogP contribution in [0.1, 0.15) is 43.2 Å². The van der Waals surface area contributed by atoms with Crippen molar-refractivity contribution in [2.45, 2.75) is 44.7 Å². The number of ether oxygens (including phenoxy) is 2. The molecule has 2 fully saturated rings. The lowest BCUT2D eigenvalue weighted by Gasteiger charge is -2.31. The number of furan rings is 1. The SMILES string of the molecule is CCOC(=O)N1CCC(NC(=O)COC(=O)[C@@H]2CCCN2C(=O)c2ccco2)CC1. The fraction of sp³-hybridized carbons (Fsp3) is 0.600. The van der Waals surface area contributed by atoms with Gasteiger partial charge in [0.25, 0.3) is 11.8 Å². The number of esters is 1. The summed E-state index contributed by atoms with van der Waals surface area (Å²) in [5, 5.41) is 2.82. The van der Waals surface area contributed by atoms with Gasteiger partial charge in [-0.05, 0) is 44.7 Å². The highest BCUT2D eigenvalue weighted by Gasteiger charge is 2.37. The number of rotatable bonds is 6. The van der Waals surface area contributed by atoms with E-state index >= 15 is 0 Å². The predicted octanol–water partition coefficient (Wildman–Crippen LogP) is 1.16. The summed E-state index contributed by atoms with van der Waals surface area (Å²) < 4.78 is 15.2. The van der Waals surface area contributed by atoms with Crippen LogP contribution in [0, 0.1) is 0 Å². The average Bonchev–Trinajstić information content (AvgIpc) is 3.44. The van der Waals surface area contributed by atoms with E-state index < -0.39 is 24.5 Å². The zero-order valence-electron chi connectivity index (χ0n) is 17.0. The molecule has 10 heteroatoms. The Kier molecular flexibility index (Phi) is 7.31. The van der Waals surface area contributed by atoms with Crippen LogP contribution in [0.3, 0.4) is 0 Å². The summed E-state index contributed by atoms with van der Waals surface area (Å²) in [7, 11) is 0. The second-order valence-electron chi connectivity index (χ2n) is 7.27. The first-order chi connectivity index (χ1) is 14.5. The number of nitrogens with one attached hydrogen (secondary N) is 1. The maximum Gasteiger partial charge on any atom is 0.409 e. The van der Waals surface area contributed by atoms with Crippen molar-refractivity contribution >= 4 is 23.9 Å². The van der Waals surface area contributed by atoms with Crippen molar-refractivity contribution in [3.05, 3.63) is 24.2 Å². The number of likely N-dealkylation sites (tertiary alicyclic amines) is 2. The van der Waals surface area contributed by atoms with Crippen LogP contribution in [0.2, 0.25) is 0 Å². The fourth-order valence-corrected chi connectivity index (χ4v) is 3.72. The molecule has 0 aromatic carbocycles. The molecule has 0 unspecified atom stereocenters. The number of carbonyl (C=O) groups excluding carboxylic acids is 4. The van der Waals surface area contributed by atoms with Crippen molar-refractivity contribution < 1.29 is 33.1 Å². The van der Waals surface area contributed by atoms with Crippen LogP contribution < -0.4 is 5.32 Å². The number of carbonyl (C=O) groups is 4. The van der Waals surface area contributed by atoms with Crippen molar-refractivity contribution in [3.63, 3.8) is 0 Å². The molecule has 0 spiro atoms. The molecule has 3 amide bonds. The Bertz CT molecular complexity index is 756. The summed E-state index contributed by atoms with van der Waals surface area (Å²) in [6, 6.07) is 2.34. The predicted molar refractivity (Wildman–Crippen MR) is 103 cm³/mol. The lowest BCUT2D eigenvalue weighted by Crippen LogP contribution is -2.48. The van der Waals surface area contributed by atoms with Crippen LogP contribution in [-0.2, 0) is 19.1 Å². The van der Waals surface area contributed by atoms with Gasteiger partial charge < -0.3 is 29.0 Å². The van der Waals surface area contributed by atoms with Gasteiger partial charge in [-0.15, -0.1) is 0 Å². The van der Waals surface area contributed by atoms with E-state index in [0.717, 1.165) is 0 Å². The maximum atomic E-state index is 12.4. The molecule has 164 valence electrons. The molecular weight excluding hydrogens is 394 g/mol. The Morgan fingerprint density at radius 3 is 2.57 bits per heavy atom. The second-order valence-corrected chi connectivity index (χ2v) is 7.27. The van der Waals surface area contributed by atoms with E-state index in [4.69, 9.17) is 13.9 Å². The first-order valence-corrected chi connectivity index (χ1v) is 10.2. The highest BCUT2D eigenvalue weighted by Crippen LogP contribution is 2.21. The molecule has 0 bridgehead atoms. The molecule has 10 nitrogen and oxygen atoms in total. The van der Waals surface area contributed by atoms with Crippen LogP contribution in [0.25, 0.3) is 0 Å². The van der Waals surface area contributed by atoms with E-state index in [1.807, 2.05) is 0 Å². The van der Waals surface area contributed by atoms with Crippen molar-refractivity contribution in [3.8, 4) is 0 Å². The Balaban J connectivity index is 1.41. The van der Waals surface area contributed by atoms with Crippen LogP contribution >= 0.6 is 0 Å². The van der Waals surface area contributed by atoms with Gasteiger partial charge in [0.2, 0.25) is 0 Å². The minimum absolute atomic E-state index is 0.0922. The number of piperidine rings is 1. The fourth-order valence-electron chi connectivity index (χ4n) is 3.72. The van der Waals surface area contributed by atoms with Gasteiger partial charge in [0.05, 0.1) is 12.9 Å². The maximum absolute atomic E-state index is 12.4. The van der Waals surface area contributed by atoms with Crippen molar-refractivity contribution in [2.24, 2.45) is 0 Å². The minimum atomic E-state index is -0.719. The first kappa shape index (κ1) is 21.7. The largest absolute Gasteiger partial charge is 0.459 e. The van der Waals surface area contributed by atoms with Gasteiger partial charge in [-0.3, -0.25) is 9.59 Å². The van der Waals surface area contributed by atoms with Gasteiger partial charge in [-0.25, -0.2) is 9.59 Å². The number of nitrogens with zero attached hydrogens (tertiary/aromatic N) is 2. The topological polar surface area (TPSA) is 118 Å². The zero-order chi connectivity index (χ0) is 21.5. The molecule has 0 radical (unpaired) electrons. The quantitative estimate of drug-likeness (QED) is 0.685. The van der Waals surface area contributed by atoms with Crippen molar-refractivity contribution in [1.82, 2.24) is 15.1 Å². The third kappa shape index (κ3) is 5.31. The molecule has 1 aromatic heterocycles. The molecular formula is C20H27N3O7. The monoisotopic (exact) mass is 421 g/mol. The highest BCUT2D eigenvalue weighted by molar-refractivity contribution is 5.95. The number of hydrogen-bond acceptors (Lipinski definition) is 7. The van der Waals surface area contributed by atoms with E-state index in [1.54, 1.807) is 24.0 Å². The smallest absolute Gasteiger partial charge is 0.409 e. The van der Waals surface area contributed by atoms with Crippen LogP contribution in [-0.4, -0.2) is 78.6 Å². The number of amides is 3. The summed E-state index contributed by atoms with van der Waals surface area (Å²) in [5.41, 5.74) is 0. The third-order valence-corrected chi connectivity index (χ3v) is 5.25. The van der Waals surface area contributed by atoms with E-state index in [1.165, 1.54) is 11.2 Å². The summed E-state index contributed by atoms with van der Waals surface area (Å²) in [6.45, 7) is 3.10. The first-order valence-electron chi connectivity index (χ1n) is 10.2. The van der Waals surface area contributed by atoms with Gasteiger partial charge in [0, 0.05) is 25.7 Å². The number of hydrogen-bond donors (Lipinski definition) is 1. The molecule has 30 heavy (non-hydrogen) atoms. The van der Waals surface area contributed by atoms with E-state index in [0.29, 0.717) is 51.9 Å². The van der Waals surface area contributed by atoms with E-state index in [2.05, 4.69) is 5.32 Å². The van der Waals surface area contributed by atoms with Crippen molar-refractivity contribution in [1.29, 1.82) is 0 Å². The van der Waals surface area contributed by atoms with Gasteiger partial charge in [0.1, 0.15) is 6.04 Å². The van der Waals surface area contributed by atoms with Crippen LogP contribution in [0.5, 0.6) is 0 Å². The van der Waals surface area contributed by atoms with E-state index in [9.17, 15) is 19.2 Å². The Hall–Kier alpha value is -3.04. The molecule has 1 N–H and O–H groups in total. The third-order valence-electron chi connectivity index (χ3n) is 5.25. The molecule has 0 aliphatic carbocycles. The molecule has 1 aromatic rings. The molecule has 2 saturated heterocycles. The Morgan fingerprint density at radius 2 is 1.90 bits per heavy atom. The van der Waals surface area contributed by atoms with Crippen molar-refractivity contribution in [2.75, 3.05) is 32.8 Å². The lowest BCUT2D eigenvalue weighted by atomic mass is 10.1. The lowest BCUT2D eigenvalue weighted by molar-refractivity contribution is -0.152. The molecule has 0 saturated carbocycles. The van der Waals surface area contributed by atoms with Gasteiger partial charge >= 0.3 is 12.1 Å². The van der Waals surface area contributed by atoms with Gasteiger partial charge in [0.15, 0.2) is 12.4 Å². The van der Waals surface area contributed by atoms with E-state index in [-0.39, 0.29) is 23.8 Å². The van der Waals surface area contributed by atoms with Gasteiger partial charge in [-0.1, -0.05) is 0 Å². The van der Waals surface area contributed by atoms with Gasteiger partial charge in [-0.2, -0.15) is 0 Å². The Morgan fingerprint density at radius 1 is 1.13 bits per heavy atom. The zero-order valence-corrected chi connectivity index (χ0v) is 17.0. The normalized spacial score (nSPS) is 19.4. The summed E-state index contributed by atoms with van der Waals surface area (Å²) in [4.78, 5) is 51.8. The van der Waals surface area contributed by atoms with Crippen LogP contribution in [0.15, 0.2) is 22.8 Å². The highest BCUT2D eigenvalue weighted by atomic mass is 16.6. The molecule has 3 heterocycles. The molecule has 2 aliphatic rings. The van der Waals surface area contributed by atoms with Crippen LogP contribution in [0.4, 0.5) is 4.79 Å². The molecule has 2 aliphatic heterocycles. The summed E-state index contributed by atoms with van der Waals surface area (Å²) in [6.07, 6.45) is 3.43. The standard InChI is InChI=1S/C20H27N3O7/c1-2-28-20(27)22-10-7-14(8-11-22)21-17(24)13-30-19(26)15-5-3-9-23(15)18(25)16-6-4-12-29-16/h4,6,12,14-15H,2-3,5,7-11,13H2,1H3,(H,21,24)/t15-/m0/s1. The summed E-state index contributed by atoms with van der Waals surface area (Å²) in [5.74, 6) is -1.20. The Labute approximate surface area is 174 Å². The summed E-state index contributed by atoms with van der Waals surface area (Å²) >= 11 is 0. The minimum Gasteiger partial charge on any atom is -0.459 e. The average molecular weight is 421 g/mol. The second kappa shape index (κ2) is 10.1. The molecule has 1 atom stereocenters. The molecule has 3 rings (SSSR count).